The summed E-state index contributed by atoms with van der Waals surface area (Å²) in [6.45, 7) is 6.12. The zero-order valence-corrected chi connectivity index (χ0v) is 15.3. The van der Waals surface area contributed by atoms with Gasteiger partial charge >= 0.3 is 0 Å². The highest BCUT2D eigenvalue weighted by atomic mass is 32.2. The van der Waals surface area contributed by atoms with E-state index in [2.05, 4.69) is 51.3 Å². The van der Waals surface area contributed by atoms with E-state index in [0.717, 1.165) is 23.0 Å². The first-order valence-corrected chi connectivity index (χ1v) is 9.49. The Morgan fingerprint density at radius 1 is 1.33 bits per heavy atom. The summed E-state index contributed by atoms with van der Waals surface area (Å²) in [6, 6.07) is 8.95. The minimum atomic E-state index is 0.00652. The molecular formula is C18H24N4OS. The molecule has 1 aliphatic rings. The number of benzene rings is 1. The van der Waals surface area contributed by atoms with Gasteiger partial charge in [-0.1, -0.05) is 43.0 Å². The molecule has 24 heavy (non-hydrogen) atoms. The molecule has 1 aromatic heterocycles. The van der Waals surface area contributed by atoms with Gasteiger partial charge in [-0.3, -0.25) is 4.79 Å². The van der Waals surface area contributed by atoms with Gasteiger partial charge in [-0.25, -0.2) is 0 Å². The van der Waals surface area contributed by atoms with Crippen molar-refractivity contribution in [3.8, 4) is 0 Å². The molecule has 0 bridgehead atoms. The van der Waals surface area contributed by atoms with E-state index in [1.165, 1.54) is 30.2 Å². The Bertz CT molecular complexity index is 706. The number of nitrogens with zero attached hydrogens (tertiary/aromatic N) is 3. The first-order valence-electron chi connectivity index (χ1n) is 8.51. The topological polar surface area (TPSA) is 59.8 Å². The van der Waals surface area contributed by atoms with Crippen molar-refractivity contribution in [2.24, 2.45) is 0 Å². The molecule has 1 amide bonds. The molecule has 1 fully saturated rings. The van der Waals surface area contributed by atoms with Gasteiger partial charge in [0.25, 0.3) is 0 Å². The highest BCUT2D eigenvalue weighted by Gasteiger charge is 2.28. The number of thioether (sulfide) groups is 1. The number of carbonyl (C=O) groups excluding carboxylic acids is 1. The Labute approximate surface area is 147 Å². The Kier molecular flexibility index (Phi) is 5.23. The monoisotopic (exact) mass is 344 g/mol. The second kappa shape index (κ2) is 7.38. The molecule has 1 N–H and O–H groups in total. The Morgan fingerprint density at radius 2 is 2.04 bits per heavy atom. The molecule has 0 radical (unpaired) electrons. The van der Waals surface area contributed by atoms with Crippen LogP contribution in [0.1, 0.15) is 55.7 Å². The summed E-state index contributed by atoms with van der Waals surface area (Å²) >= 11 is 1.46. The second-order valence-corrected chi connectivity index (χ2v) is 7.25. The average molecular weight is 344 g/mol. The van der Waals surface area contributed by atoms with Crippen LogP contribution in [-0.4, -0.2) is 26.4 Å². The smallest absolute Gasteiger partial charge is 0.230 e. The summed E-state index contributed by atoms with van der Waals surface area (Å²) in [7, 11) is 0. The Balaban J connectivity index is 1.53. The lowest BCUT2D eigenvalue weighted by atomic mass is 10.1. The summed E-state index contributed by atoms with van der Waals surface area (Å²) in [5, 5.41) is 12.3. The molecule has 6 heteroatoms. The van der Waals surface area contributed by atoms with Crippen LogP contribution in [-0.2, 0) is 11.2 Å². The molecule has 3 rings (SSSR count). The summed E-state index contributed by atoms with van der Waals surface area (Å²) < 4.78 is 2.16. The van der Waals surface area contributed by atoms with Crippen molar-refractivity contribution in [1.29, 1.82) is 0 Å². The highest BCUT2D eigenvalue weighted by molar-refractivity contribution is 7.99. The van der Waals surface area contributed by atoms with Crippen LogP contribution in [0.3, 0.4) is 0 Å². The molecule has 0 unspecified atom stereocenters. The van der Waals surface area contributed by atoms with Crippen molar-refractivity contribution in [2.45, 2.75) is 57.3 Å². The number of hydrogen-bond donors (Lipinski definition) is 1. The van der Waals surface area contributed by atoms with E-state index in [-0.39, 0.29) is 11.9 Å². The van der Waals surface area contributed by atoms with Gasteiger partial charge in [-0.2, -0.15) is 0 Å². The molecule has 128 valence electrons. The molecule has 0 aliphatic heterocycles. The number of aromatic nitrogens is 3. The van der Waals surface area contributed by atoms with Crippen LogP contribution in [0, 0.1) is 6.92 Å². The summed E-state index contributed by atoms with van der Waals surface area (Å²) in [5.74, 6) is 1.32. The van der Waals surface area contributed by atoms with Gasteiger partial charge in [-0.15, -0.1) is 10.2 Å². The maximum atomic E-state index is 12.2. The fourth-order valence-corrected chi connectivity index (χ4v) is 3.60. The van der Waals surface area contributed by atoms with Gasteiger partial charge in [0.1, 0.15) is 5.82 Å². The first kappa shape index (κ1) is 17.0. The van der Waals surface area contributed by atoms with E-state index in [9.17, 15) is 4.79 Å². The number of nitrogens with one attached hydrogen (secondary N) is 1. The minimum absolute atomic E-state index is 0.00652. The van der Waals surface area contributed by atoms with E-state index in [0.29, 0.717) is 11.8 Å². The Hall–Kier alpha value is -1.82. The molecule has 1 aromatic carbocycles. The standard InChI is InChI=1S/C18H24N4OS/c1-4-14-5-7-15(8-6-14)12(2)19-17(23)11-24-18-21-20-13(3)22(18)16-9-10-16/h5-8,12,16H,4,9-11H2,1-3H3,(H,19,23)/t12-/m1/s1. The lowest BCUT2D eigenvalue weighted by Crippen LogP contribution is -2.28. The molecule has 1 aliphatic carbocycles. The van der Waals surface area contributed by atoms with E-state index in [4.69, 9.17) is 0 Å². The number of aryl methyl sites for hydroxylation is 2. The van der Waals surface area contributed by atoms with E-state index >= 15 is 0 Å². The van der Waals surface area contributed by atoms with Gasteiger partial charge in [0.15, 0.2) is 5.16 Å². The highest BCUT2D eigenvalue weighted by Crippen LogP contribution is 2.38. The van der Waals surface area contributed by atoms with Crippen LogP contribution in [0.25, 0.3) is 0 Å². The molecule has 1 atom stereocenters. The van der Waals surface area contributed by atoms with Gasteiger partial charge in [0.05, 0.1) is 11.8 Å². The largest absolute Gasteiger partial charge is 0.349 e. The zero-order valence-electron chi connectivity index (χ0n) is 14.5. The molecule has 1 heterocycles. The fourth-order valence-electron chi connectivity index (χ4n) is 2.74. The summed E-state index contributed by atoms with van der Waals surface area (Å²) in [5.41, 5.74) is 2.44. The average Bonchev–Trinajstić information content (AvgIpc) is 3.35. The maximum absolute atomic E-state index is 12.2. The molecule has 1 saturated carbocycles. The van der Waals surface area contributed by atoms with Crippen molar-refractivity contribution in [3.05, 3.63) is 41.2 Å². The quantitative estimate of drug-likeness (QED) is 0.782. The van der Waals surface area contributed by atoms with Crippen molar-refractivity contribution in [3.63, 3.8) is 0 Å². The lowest BCUT2D eigenvalue weighted by molar-refractivity contribution is -0.119. The van der Waals surface area contributed by atoms with E-state index in [1.807, 2.05) is 13.8 Å². The SMILES string of the molecule is CCc1ccc([C@@H](C)NC(=O)CSc2nnc(C)n2C2CC2)cc1. The molecule has 0 saturated heterocycles. The predicted molar refractivity (Wildman–Crippen MR) is 96.1 cm³/mol. The maximum Gasteiger partial charge on any atom is 0.230 e. The first-order chi connectivity index (χ1) is 11.6. The second-order valence-electron chi connectivity index (χ2n) is 6.30. The van der Waals surface area contributed by atoms with Crippen LogP contribution in [0.5, 0.6) is 0 Å². The zero-order chi connectivity index (χ0) is 17.1. The third-order valence-electron chi connectivity index (χ3n) is 4.34. The Morgan fingerprint density at radius 3 is 2.67 bits per heavy atom. The minimum Gasteiger partial charge on any atom is -0.349 e. The molecule has 5 nitrogen and oxygen atoms in total. The van der Waals surface area contributed by atoms with Crippen LogP contribution >= 0.6 is 11.8 Å². The number of amides is 1. The van der Waals surface area contributed by atoms with E-state index in [1.54, 1.807) is 0 Å². The third-order valence-corrected chi connectivity index (χ3v) is 5.29. The van der Waals surface area contributed by atoms with Crippen molar-refractivity contribution >= 4 is 17.7 Å². The van der Waals surface area contributed by atoms with Crippen LogP contribution in [0.4, 0.5) is 0 Å². The summed E-state index contributed by atoms with van der Waals surface area (Å²) in [4.78, 5) is 12.2. The molecule has 0 spiro atoms. The lowest BCUT2D eigenvalue weighted by Gasteiger charge is -2.14. The normalized spacial score (nSPS) is 15.3. The number of carbonyl (C=O) groups is 1. The van der Waals surface area contributed by atoms with Gasteiger partial charge in [0, 0.05) is 6.04 Å². The molecular weight excluding hydrogens is 320 g/mol. The van der Waals surface area contributed by atoms with Crippen LogP contribution < -0.4 is 5.32 Å². The van der Waals surface area contributed by atoms with E-state index < -0.39 is 0 Å². The predicted octanol–water partition coefficient (Wildman–Crippen LogP) is 3.45. The molecule has 2 aromatic rings. The number of hydrogen-bond acceptors (Lipinski definition) is 4. The number of rotatable bonds is 7. The van der Waals surface area contributed by atoms with Crippen LogP contribution in [0.2, 0.25) is 0 Å². The fraction of sp³-hybridized carbons (Fsp3) is 0.500. The summed E-state index contributed by atoms with van der Waals surface area (Å²) in [6.07, 6.45) is 3.39. The van der Waals surface area contributed by atoms with Crippen molar-refractivity contribution < 1.29 is 4.79 Å². The third kappa shape index (κ3) is 3.98. The van der Waals surface area contributed by atoms with Gasteiger partial charge in [0.2, 0.25) is 5.91 Å². The van der Waals surface area contributed by atoms with Crippen molar-refractivity contribution in [1.82, 2.24) is 20.1 Å². The van der Waals surface area contributed by atoms with Crippen molar-refractivity contribution in [2.75, 3.05) is 5.75 Å². The van der Waals surface area contributed by atoms with Gasteiger partial charge in [-0.05, 0) is 44.2 Å². The van der Waals surface area contributed by atoms with Gasteiger partial charge < -0.3 is 9.88 Å². The van der Waals surface area contributed by atoms with Crippen LogP contribution in [0.15, 0.2) is 29.4 Å².